The molecular formula is C17H22N4O3S. The van der Waals surface area contributed by atoms with E-state index in [2.05, 4.69) is 15.0 Å². The number of aryl methyl sites for hydroxylation is 1. The number of nitrogens with zero attached hydrogens (tertiary/aromatic N) is 4. The first-order valence-electron chi connectivity index (χ1n) is 8.22. The molecule has 1 saturated heterocycles. The van der Waals surface area contributed by atoms with Gasteiger partial charge in [-0.2, -0.15) is 0 Å². The molecule has 0 aliphatic carbocycles. The summed E-state index contributed by atoms with van der Waals surface area (Å²) >= 11 is 0. The number of hydrogen-bond acceptors (Lipinski definition) is 7. The van der Waals surface area contributed by atoms with Crippen molar-refractivity contribution in [2.45, 2.75) is 37.4 Å². The first-order valence-corrected chi connectivity index (χ1v) is 10.1. The van der Waals surface area contributed by atoms with E-state index in [9.17, 15) is 8.42 Å². The molecule has 2 aromatic rings. The number of rotatable bonds is 5. The van der Waals surface area contributed by atoms with Crippen LogP contribution in [0.25, 0.3) is 0 Å². The predicted molar refractivity (Wildman–Crippen MR) is 94.1 cm³/mol. The van der Waals surface area contributed by atoms with Gasteiger partial charge in [-0.05, 0) is 31.4 Å². The highest BCUT2D eigenvalue weighted by Crippen LogP contribution is 2.26. The predicted octanol–water partition coefficient (Wildman–Crippen LogP) is 1.77. The van der Waals surface area contributed by atoms with Crippen LogP contribution in [0.5, 0.6) is 0 Å². The van der Waals surface area contributed by atoms with E-state index in [1.165, 1.54) is 12.5 Å². The van der Waals surface area contributed by atoms with E-state index >= 15 is 0 Å². The molecule has 1 atom stereocenters. The van der Waals surface area contributed by atoms with Crippen molar-refractivity contribution in [3.63, 3.8) is 0 Å². The van der Waals surface area contributed by atoms with Gasteiger partial charge in [0.2, 0.25) is 0 Å². The van der Waals surface area contributed by atoms with Gasteiger partial charge in [0.05, 0.1) is 18.9 Å². The van der Waals surface area contributed by atoms with Gasteiger partial charge in [0.1, 0.15) is 10.7 Å². The van der Waals surface area contributed by atoms with Gasteiger partial charge in [-0.3, -0.25) is 4.98 Å². The van der Waals surface area contributed by atoms with Crippen molar-refractivity contribution in [1.29, 1.82) is 0 Å². The largest absolute Gasteiger partial charge is 0.372 e. The van der Waals surface area contributed by atoms with E-state index in [-0.39, 0.29) is 11.0 Å². The topological polar surface area (TPSA) is 85.3 Å². The van der Waals surface area contributed by atoms with Gasteiger partial charge in [0, 0.05) is 31.7 Å². The third kappa shape index (κ3) is 4.52. The Balaban J connectivity index is 1.74. The fourth-order valence-corrected chi connectivity index (χ4v) is 3.65. The minimum atomic E-state index is -3.39. The van der Waals surface area contributed by atoms with Crippen molar-refractivity contribution in [2.75, 3.05) is 24.2 Å². The van der Waals surface area contributed by atoms with Crippen molar-refractivity contribution in [3.8, 4) is 0 Å². The van der Waals surface area contributed by atoms with Gasteiger partial charge < -0.3 is 9.64 Å². The molecule has 0 aromatic carbocycles. The summed E-state index contributed by atoms with van der Waals surface area (Å²) in [6.45, 7) is 3.62. The lowest BCUT2D eigenvalue weighted by Gasteiger charge is -2.34. The van der Waals surface area contributed by atoms with Crippen LogP contribution in [0.2, 0.25) is 0 Å². The lowest BCUT2D eigenvalue weighted by Crippen LogP contribution is -2.41. The Labute approximate surface area is 148 Å². The molecule has 1 aliphatic heterocycles. The maximum absolute atomic E-state index is 12.1. The molecule has 0 radical (unpaired) electrons. The van der Waals surface area contributed by atoms with Crippen LogP contribution in [0.15, 0.2) is 35.6 Å². The van der Waals surface area contributed by atoms with Crippen molar-refractivity contribution < 1.29 is 13.2 Å². The number of pyridine rings is 1. The molecule has 0 bridgehead atoms. The highest BCUT2D eigenvalue weighted by Gasteiger charge is 2.26. The molecule has 2 aromatic heterocycles. The first kappa shape index (κ1) is 17.8. The van der Waals surface area contributed by atoms with Crippen LogP contribution in [-0.2, 0) is 21.2 Å². The summed E-state index contributed by atoms with van der Waals surface area (Å²) in [5.74, 6) is 1.03. The van der Waals surface area contributed by atoms with Gasteiger partial charge >= 0.3 is 0 Å². The fourth-order valence-electron chi connectivity index (χ4n) is 2.90. The Morgan fingerprint density at radius 1 is 1.36 bits per heavy atom. The summed E-state index contributed by atoms with van der Waals surface area (Å²) in [6.07, 6.45) is 7.99. The number of aromatic nitrogens is 3. The Bertz CT molecular complexity index is 827. The minimum absolute atomic E-state index is 0.0247. The van der Waals surface area contributed by atoms with E-state index < -0.39 is 9.84 Å². The summed E-state index contributed by atoms with van der Waals surface area (Å²) in [4.78, 5) is 14.7. The second-order valence-corrected chi connectivity index (χ2v) is 8.24. The molecule has 3 rings (SSSR count). The van der Waals surface area contributed by atoms with Crippen molar-refractivity contribution in [1.82, 2.24) is 15.0 Å². The highest BCUT2D eigenvalue weighted by molar-refractivity contribution is 7.90. The molecule has 8 heteroatoms. The fraction of sp³-hybridized carbons (Fsp3) is 0.471. The second kappa shape index (κ2) is 7.45. The van der Waals surface area contributed by atoms with Gasteiger partial charge in [-0.15, -0.1) is 0 Å². The third-order valence-electron chi connectivity index (χ3n) is 4.14. The number of sulfone groups is 1. The van der Waals surface area contributed by atoms with E-state index in [0.717, 1.165) is 24.9 Å². The minimum Gasteiger partial charge on any atom is -0.372 e. The smallest absolute Gasteiger partial charge is 0.180 e. The summed E-state index contributed by atoms with van der Waals surface area (Å²) < 4.78 is 30.1. The SMILES string of the molecule is Cc1ncc(S(C)(=O)=O)c(N2CCCC(OCc3cccnc3)C2)n1. The molecule has 25 heavy (non-hydrogen) atoms. The van der Waals surface area contributed by atoms with Gasteiger partial charge in [-0.1, -0.05) is 6.07 Å². The van der Waals surface area contributed by atoms with Crippen LogP contribution in [-0.4, -0.2) is 48.8 Å². The standard InChI is InChI=1S/C17H22N4O3S/c1-13-19-10-16(25(2,22)23)17(20-13)21-8-4-6-15(11-21)24-12-14-5-3-7-18-9-14/h3,5,7,9-10,15H,4,6,8,11-12H2,1-2H3. The van der Waals surface area contributed by atoms with Crippen LogP contribution >= 0.6 is 0 Å². The zero-order valence-electron chi connectivity index (χ0n) is 14.4. The summed E-state index contributed by atoms with van der Waals surface area (Å²) in [6, 6.07) is 3.86. The average molecular weight is 362 g/mol. The van der Waals surface area contributed by atoms with Crippen LogP contribution in [0.4, 0.5) is 5.82 Å². The molecule has 1 aliphatic rings. The van der Waals surface area contributed by atoms with E-state index in [0.29, 0.717) is 24.8 Å². The van der Waals surface area contributed by atoms with Gasteiger partial charge in [0.15, 0.2) is 15.7 Å². The molecular weight excluding hydrogens is 340 g/mol. The molecule has 0 N–H and O–H groups in total. The van der Waals surface area contributed by atoms with Crippen LogP contribution in [0.1, 0.15) is 24.2 Å². The lowest BCUT2D eigenvalue weighted by molar-refractivity contribution is 0.0312. The average Bonchev–Trinajstić information content (AvgIpc) is 2.60. The molecule has 1 unspecified atom stereocenters. The first-order chi connectivity index (χ1) is 11.9. The molecule has 1 fully saturated rings. The van der Waals surface area contributed by atoms with E-state index in [1.54, 1.807) is 19.3 Å². The Morgan fingerprint density at radius 2 is 2.20 bits per heavy atom. The molecule has 3 heterocycles. The normalized spacial score (nSPS) is 18.3. The molecule has 0 saturated carbocycles. The molecule has 0 spiro atoms. The maximum Gasteiger partial charge on any atom is 0.180 e. The van der Waals surface area contributed by atoms with E-state index in [1.807, 2.05) is 17.0 Å². The third-order valence-corrected chi connectivity index (χ3v) is 5.23. The Morgan fingerprint density at radius 3 is 2.92 bits per heavy atom. The molecule has 134 valence electrons. The zero-order valence-corrected chi connectivity index (χ0v) is 15.2. The Kier molecular flexibility index (Phi) is 5.29. The van der Waals surface area contributed by atoms with Crippen molar-refractivity contribution >= 4 is 15.7 Å². The van der Waals surface area contributed by atoms with Crippen LogP contribution in [0, 0.1) is 6.92 Å². The van der Waals surface area contributed by atoms with Crippen LogP contribution < -0.4 is 4.90 Å². The van der Waals surface area contributed by atoms with Crippen molar-refractivity contribution in [3.05, 3.63) is 42.1 Å². The van der Waals surface area contributed by atoms with E-state index in [4.69, 9.17) is 4.74 Å². The lowest BCUT2D eigenvalue weighted by atomic mass is 10.1. The molecule has 0 amide bonds. The number of ether oxygens (including phenoxy) is 1. The highest BCUT2D eigenvalue weighted by atomic mass is 32.2. The van der Waals surface area contributed by atoms with Gasteiger partial charge in [-0.25, -0.2) is 18.4 Å². The number of hydrogen-bond donors (Lipinski definition) is 0. The summed E-state index contributed by atoms with van der Waals surface area (Å²) in [7, 11) is -3.39. The second-order valence-electron chi connectivity index (χ2n) is 6.26. The number of anilines is 1. The Hall–Kier alpha value is -2.06. The maximum atomic E-state index is 12.1. The summed E-state index contributed by atoms with van der Waals surface area (Å²) in [5.41, 5.74) is 1.02. The summed E-state index contributed by atoms with van der Waals surface area (Å²) in [5, 5.41) is 0. The monoisotopic (exact) mass is 362 g/mol. The number of piperidine rings is 1. The van der Waals surface area contributed by atoms with Gasteiger partial charge in [0.25, 0.3) is 0 Å². The van der Waals surface area contributed by atoms with Crippen LogP contribution in [0.3, 0.4) is 0 Å². The zero-order chi connectivity index (χ0) is 17.9. The van der Waals surface area contributed by atoms with Crippen molar-refractivity contribution in [2.24, 2.45) is 0 Å². The quantitative estimate of drug-likeness (QED) is 0.801. The molecule has 7 nitrogen and oxygen atoms in total.